The molecule has 5 heteroatoms. The Morgan fingerprint density at radius 1 is 1.07 bits per heavy atom. The van der Waals surface area contributed by atoms with Crippen LogP contribution in [0.1, 0.15) is 12.8 Å². The average Bonchev–Trinajstić information content (AvgIpc) is 2.72. The minimum atomic E-state index is -0.356. The molecule has 1 aliphatic heterocycles. The highest BCUT2D eigenvalue weighted by Crippen LogP contribution is 2.25. The number of rotatable bonds is 6. The number of ether oxygens (including phenoxy) is 1. The van der Waals surface area contributed by atoms with Crippen molar-refractivity contribution >= 4 is 16.7 Å². The van der Waals surface area contributed by atoms with Crippen LogP contribution < -0.4 is 20.6 Å². The van der Waals surface area contributed by atoms with Crippen LogP contribution in [0.5, 0.6) is 5.75 Å². The van der Waals surface area contributed by atoms with Gasteiger partial charge in [-0.1, -0.05) is 30.3 Å². The van der Waals surface area contributed by atoms with Crippen molar-refractivity contribution in [3.63, 3.8) is 0 Å². The van der Waals surface area contributed by atoms with Gasteiger partial charge in [-0.15, -0.1) is 0 Å². The van der Waals surface area contributed by atoms with Crippen molar-refractivity contribution in [2.45, 2.75) is 18.9 Å². The predicted octanol–water partition coefficient (Wildman–Crippen LogP) is 3.43. The lowest BCUT2D eigenvalue weighted by Gasteiger charge is -2.38. The van der Waals surface area contributed by atoms with E-state index in [1.165, 1.54) is 11.8 Å². The molecule has 1 saturated heterocycles. The van der Waals surface area contributed by atoms with Gasteiger partial charge in [-0.25, -0.2) is 4.79 Å². The van der Waals surface area contributed by atoms with Crippen LogP contribution in [0, 0.1) is 0 Å². The van der Waals surface area contributed by atoms with Crippen LogP contribution in [0.3, 0.4) is 0 Å². The number of hydrogen-bond donors (Lipinski definition) is 1. The molecule has 0 spiro atoms. The second-order valence-corrected chi connectivity index (χ2v) is 6.81. The fourth-order valence-electron chi connectivity index (χ4n) is 3.66. The summed E-state index contributed by atoms with van der Waals surface area (Å²) >= 11 is 0. The first-order valence-electron chi connectivity index (χ1n) is 9.49. The van der Waals surface area contributed by atoms with Gasteiger partial charge in [-0.3, -0.25) is 0 Å². The second kappa shape index (κ2) is 8.27. The molecule has 1 aromatic heterocycles. The zero-order chi connectivity index (χ0) is 18.5. The van der Waals surface area contributed by atoms with Crippen LogP contribution in [0.4, 0.5) is 5.69 Å². The van der Waals surface area contributed by atoms with Crippen molar-refractivity contribution in [2.24, 2.45) is 0 Å². The Bertz CT molecular complexity index is 939. The van der Waals surface area contributed by atoms with Crippen LogP contribution in [0.2, 0.25) is 0 Å². The van der Waals surface area contributed by atoms with Gasteiger partial charge in [0.2, 0.25) is 0 Å². The molecule has 3 aromatic rings. The van der Waals surface area contributed by atoms with Crippen LogP contribution in [0.15, 0.2) is 69.9 Å². The van der Waals surface area contributed by atoms with Crippen LogP contribution in [-0.4, -0.2) is 32.3 Å². The fourth-order valence-corrected chi connectivity index (χ4v) is 3.66. The maximum Gasteiger partial charge on any atom is 0.336 e. The third-order valence-corrected chi connectivity index (χ3v) is 4.99. The molecule has 2 aromatic carbocycles. The first kappa shape index (κ1) is 17.6. The lowest BCUT2D eigenvalue weighted by molar-refractivity contribution is 0.294. The van der Waals surface area contributed by atoms with E-state index in [2.05, 4.69) is 40.5 Å². The smallest absolute Gasteiger partial charge is 0.336 e. The number of hydrogen-bond acceptors (Lipinski definition) is 5. The van der Waals surface area contributed by atoms with Gasteiger partial charge in [0.25, 0.3) is 0 Å². The van der Waals surface area contributed by atoms with Gasteiger partial charge < -0.3 is 19.4 Å². The van der Waals surface area contributed by atoms with Gasteiger partial charge in [0.15, 0.2) is 11.3 Å². The van der Waals surface area contributed by atoms with E-state index >= 15 is 0 Å². The molecule has 1 aliphatic rings. The highest BCUT2D eigenvalue weighted by atomic mass is 16.5. The topological polar surface area (TPSA) is 54.7 Å². The highest BCUT2D eigenvalue weighted by molar-refractivity contribution is 5.82. The highest BCUT2D eigenvalue weighted by Gasteiger charge is 2.21. The van der Waals surface area contributed by atoms with Gasteiger partial charge in [-0.2, -0.15) is 0 Å². The maximum atomic E-state index is 11.5. The molecule has 1 atom stereocenters. The zero-order valence-electron chi connectivity index (χ0n) is 15.3. The molecule has 0 saturated carbocycles. The number of piperazine rings is 1. The van der Waals surface area contributed by atoms with Gasteiger partial charge in [0.1, 0.15) is 0 Å². The summed E-state index contributed by atoms with van der Waals surface area (Å²) in [6, 6.07) is 19.9. The number of nitrogens with one attached hydrogen (secondary N) is 1. The van der Waals surface area contributed by atoms with Crippen molar-refractivity contribution in [3.8, 4) is 5.75 Å². The molecule has 140 valence electrons. The predicted molar refractivity (Wildman–Crippen MR) is 108 cm³/mol. The number of anilines is 1. The van der Waals surface area contributed by atoms with Crippen molar-refractivity contribution in [2.75, 3.05) is 31.1 Å². The summed E-state index contributed by atoms with van der Waals surface area (Å²) in [6.07, 6.45) is 1.97. The number of fused-ring (bicyclic) bond motifs is 1. The molecule has 0 bridgehead atoms. The Morgan fingerprint density at radius 3 is 2.85 bits per heavy atom. The van der Waals surface area contributed by atoms with Gasteiger partial charge in [-0.05, 0) is 37.1 Å². The molecule has 2 heterocycles. The lowest BCUT2D eigenvalue weighted by Crippen LogP contribution is -2.51. The molecule has 0 radical (unpaired) electrons. The largest absolute Gasteiger partial charge is 0.490 e. The Hall–Kier alpha value is -2.79. The van der Waals surface area contributed by atoms with Gasteiger partial charge in [0.05, 0.1) is 6.61 Å². The molecule has 1 unspecified atom stereocenters. The molecule has 0 aliphatic carbocycles. The molecule has 5 nitrogen and oxygen atoms in total. The Balaban J connectivity index is 1.37. The number of para-hydroxylation sites is 2. The first-order valence-corrected chi connectivity index (χ1v) is 9.49. The van der Waals surface area contributed by atoms with Gasteiger partial charge >= 0.3 is 5.63 Å². The summed E-state index contributed by atoms with van der Waals surface area (Å²) < 4.78 is 11.3. The van der Waals surface area contributed by atoms with Crippen molar-refractivity contribution < 1.29 is 9.15 Å². The van der Waals surface area contributed by atoms with Crippen molar-refractivity contribution in [1.29, 1.82) is 0 Å². The van der Waals surface area contributed by atoms with Gasteiger partial charge in [0, 0.05) is 42.8 Å². The normalized spacial score (nSPS) is 17.2. The number of nitrogens with zero attached hydrogens (tertiary/aromatic N) is 1. The van der Waals surface area contributed by atoms with E-state index in [0.29, 0.717) is 24.0 Å². The van der Waals surface area contributed by atoms with Crippen LogP contribution in [0.25, 0.3) is 11.0 Å². The third-order valence-electron chi connectivity index (χ3n) is 4.99. The second-order valence-electron chi connectivity index (χ2n) is 6.81. The minimum Gasteiger partial charge on any atom is -0.490 e. The lowest BCUT2D eigenvalue weighted by atomic mass is 10.1. The van der Waals surface area contributed by atoms with E-state index in [-0.39, 0.29) is 5.63 Å². The Labute approximate surface area is 158 Å². The van der Waals surface area contributed by atoms with E-state index in [1.54, 1.807) is 6.07 Å². The molecule has 0 amide bonds. The summed E-state index contributed by atoms with van der Waals surface area (Å²) in [5.74, 6) is 0.631. The molecular weight excluding hydrogens is 340 g/mol. The molecule has 27 heavy (non-hydrogen) atoms. The average molecular weight is 364 g/mol. The maximum absolute atomic E-state index is 11.5. The number of benzene rings is 2. The first-order chi connectivity index (χ1) is 13.3. The molecular formula is C22H24N2O3. The summed E-state index contributed by atoms with van der Waals surface area (Å²) in [5, 5.41) is 4.37. The van der Waals surface area contributed by atoms with E-state index < -0.39 is 0 Å². The summed E-state index contributed by atoms with van der Waals surface area (Å²) in [4.78, 5) is 14.0. The SMILES string of the molecule is O=c1ccc2cccc(OCCCC3CNCCN3c3ccccc3)c2o1. The zero-order valence-corrected chi connectivity index (χ0v) is 15.3. The molecule has 4 rings (SSSR count). The fraction of sp³-hybridized carbons (Fsp3) is 0.318. The van der Waals surface area contributed by atoms with Crippen molar-refractivity contribution in [3.05, 3.63) is 71.1 Å². The summed E-state index contributed by atoms with van der Waals surface area (Å²) in [5.41, 5.74) is 1.45. The monoisotopic (exact) mass is 364 g/mol. The van der Waals surface area contributed by atoms with Crippen LogP contribution >= 0.6 is 0 Å². The molecule has 1 fully saturated rings. The Morgan fingerprint density at radius 2 is 1.96 bits per heavy atom. The summed E-state index contributed by atoms with van der Waals surface area (Å²) in [6.45, 7) is 3.61. The minimum absolute atomic E-state index is 0.356. The van der Waals surface area contributed by atoms with E-state index in [0.717, 1.165) is 37.9 Å². The standard InChI is InChI=1S/C22H24N2O3/c25-21-12-11-17-6-4-10-20(22(17)27-21)26-15-5-9-19-16-23-13-14-24(19)18-7-2-1-3-8-18/h1-4,6-8,10-12,19,23H,5,9,13-16H2. The van der Waals surface area contributed by atoms with Crippen molar-refractivity contribution in [1.82, 2.24) is 5.32 Å². The molecule has 1 N–H and O–H groups in total. The third kappa shape index (κ3) is 4.14. The van der Waals surface area contributed by atoms with E-state index in [1.807, 2.05) is 18.2 Å². The van der Waals surface area contributed by atoms with E-state index in [9.17, 15) is 4.79 Å². The summed E-state index contributed by atoms with van der Waals surface area (Å²) in [7, 11) is 0. The Kier molecular flexibility index (Phi) is 5.39. The quantitative estimate of drug-likeness (QED) is 0.536. The van der Waals surface area contributed by atoms with Crippen LogP contribution in [-0.2, 0) is 0 Å². The van der Waals surface area contributed by atoms with E-state index in [4.69, 9.17) is 9.15 Å².